The first-order valence-electron chi connectivity index (χ1n) is 9.41. The van der Waals surface area contributed by atoms with E-state index in [1.165, 1.54) is 44.2 Å². The van der Waals surface area contributed by atoms with E-state index in [4.69, 9.17) is 10.5 Å². The Labute approximate surface area is 156 Å². The van der Waals surface area contributed by atoms with Gasteiger partial charge in [-0.2, -0.15) is 0 Å². The molecule has 0 heterocycles. The van der Waals surface area contributed by atoms with E-state index >= 15 is 0 Å². The number of nitrogens with two attached hydrogens (primary N) is 1. The Morgan fingerprint density at radius 2 is 1.78 bits per heavy atom. The quantitative estimate of drug-likeness (QED) is 0.353. The predicted molar refractivity (Wildman–Crippen MR) is 96.8 cm³/mol. The highest BCUT2D eigenvalue weighted by molar-refractivity contribution is 5.97. The van der Waals surface area contributed by atoms with Gasteiger partial charge in [-0.15, -0.1) is 0 Å². The number of carbonyl (C=O) groups is 2. The summed E-state index contributed by atoms with van der Waals surface area (Å²) in [4.78, 5) is 34.7. The van der Waals surface area contributed by atoms with Crippen molar-refractivity contribution >= 4 is 23.3 Å². The number of anilines is 1. The van der Waals surface area contributed by atoms with Crippen molar-refractivity contribution in [3.63, 3.8) is 0 Å². The summed E-state index contributed by atoms with van der Waals surface area (Å²) in [6.45, 7) is -0.413. The summed E-state index contributed by atoms with van der Waals surface area (Å²) >= 11 is 0. The molecule has 0 spiro atoms. The molecule has 0 radical (unpaired) electrons. The molecule has 144 valence electrons. The van der Waals surface area contributed by atoms with Gasteiger partial charge in [0.1, 0.15) is 0 Å². The zero-order chi connectivity index (χ0) is 19.1. The minimum absolute atomic E-state index is 0.0760. The molecular weight excluding hydrogens is 350 g/mol. The van der Waals surface area contributed by atoms with Crippen molar-refractivity contribution in [1.29, 1.82) is 0 Å². The lowest BCUT2D eigenvalue weighted by Crippen LogP contribution is -2.56. The molecule has 4 bridgehead atoms. The summed E-state index contributed by atoms with van der Waals surface area (Å²) in [6, 6.07) is 3.73. The van der Waals surface area contributed by atoms with Crippen LogP contribution in [0.1, 0.15) is 42.5 Å². The maximum atomic E-state index is 12.3. The molecule has 5 rings (SSSR count). The number of benzene rings is 1. The molecule has 4 aliphatic carbocycles. The van der Waals surface area contributed by atoms with Crippen LogP contribution in [0, 0.1) is 33.8 Å². The highest BCUT2D eigenvalue weighted by Gasteiger charge is 2.48. The molecule has 0 atom stereocenters. The SMILES string of the molecule is Nc1ccc([N+](=O)[O-])cc1C(=O)OCC(=O)NC1C2CC3CC(C2)CC1C3. The molecule has 4 fully saturated rings. The predicted octanol–water partition coefficient (Wildman–Crippen LogP) is 2.27. The van der Waals surface area contributed by atoms with Crippen LogP contribution in [0.2, 0.25) is 0 Å². The van der Waals surface area contributed by atoms with Gasteiger partial charge in [-0.25, -0.2) is 4.79 Å². The lowest BCUT2D eigenvalue weighted by molar-refractivity contribution is -0.384. The first kappa shape index (κ1) is 17.8. The maximum absolute atomic E-state index is 12.3. The van der Waals surface area contributed by atoms with Gasteiger partial charge in [0.2, 0.25) is 0 Å². The van der Waals surface area contributed by atoms with Crippen LogP contribution in [0.15, 0.2) is 18.2 Å². The number of carbonyl (C=O) groups excluding carboxylic acids is 2. The topological polar surface area (TPSA) is 125 Å². The van der Waals surface area contributed by atoms with Gasteiger partial charge in [-0.3, -0.25) is 14.9 Å². The van der Waals surface area contributed by atoms with Crippen LogP contribution in [0.25, 0.3) is 0 Å². The van der Waals surface area contributed by atoms with Crippen LogP contribution in [-0.2, 0) is 9.53 Å². The second kappa shape index (κ2) is 6.83. The van der Waals surface area contributed by atoms with E-state index in [1.54, 1.807) is 0 Å². The third kappa shape index (κ3) is 3.48. The van der Waals surface area contributed by atoms with E-state index in [1.807, 2.05) is 0 Å². The number of hydrogen-bond acceptors (Lipinski definition) is 6. The summed E-state index contributed by atoms with van der Waals surface area (Å²) < 4.78 is 5.05. The van der Waals surface area contributed by atoms with E-state index in [0.717, 1.165) is 17.9 Å². The Morgan fingerprint density at radius 1 is 1.15 bits per heavy atom. The average Bonchev–Trinajstić information content (AvgIpc) is 2.62. The molecule has 0 aromatic heterocycles. The van der Waals surface area contributed by atoms with Crippen molar-refractivity contribution in [1.82, 2.24) is 5.32 Å². The van der Waals surface area contributed by atoms with Crippen LogP contribution >= 0.6 is 0 Å². The minimum atomic E-state index is -0.837. The molecule has 0 saturated heterocycles. The Balaban J connectivity index is 1.34. The number of nitrogens with zero attached hydrogens (tertiary/aromatic N) is 1. The molecule has 0 aliphatic heterocycles. The van der Waals surface area contributed by atoms with Crippen molar-refractivity contribution < 1.29 is 19.2 Å². The zero-order valence-electron chi connectivity index (χ0n) is 14.9. The van der Waals surface area contributed by atoms with Crippen molar-refractivity contribution in [2.24, 2.45) is 23.7 Å². The standard InChI is InChI=1S/C19H23N3O5/c20-16-2-1-14(22(25)26)8-15(16)19(24)27-9-17(23)21-18-12-4-10-3-11(6-12)7-13(18)5-10/h1-2,8,10-13,18H,3-7,9,20H2,(H,21,23). The summed E-state index contributed by atoms with van der Waals surface area (Å²) in [7, 11) is 0. The summed E-state index contributed by atoms with van der Waals surface area (Å²) in [6.07, 6.45) is 6.07. The number of nitro benzene ring substituents is 1. The first-order valence-corrected chi connectivity index (χ1v) is 9.41. The fraction of sp³-hybridized carbons (Fsp3) is 0.579. The molecule has 1 aromatic carbocycles. The van der Waals surface area contributed by atoms with Gasteiger partial charge in [0, 0.05) is 23.9 Å². The summed E-state index contributed by atoms with van der Waals surface area (Å²) in [5, 5.41) is 13.9. The van der Waals surface area contributed by atoms with Gasteiger partial charge in [-0.05, 0) is 61.8 Å². The van der Waals surface area contributed by atoms with E-state index in [2.05, 4.69) is 5.32 Å². The molecule has 4 saturated carbocycles. The number of esters is 1. The zero-order valence-corrected chi connectivity index (χ0v) is 14.9. The van der Waals surface area contributed by atoms with Gasteiger partial charge in [-0.1, -0.05) is 0 Å². The van der Waals surface area contributed by atoms with Crippen LogP contribution in [0.3, 0.4) is 0 Å². The molecule has 1 aromatic rings. The Kier molecular flexibility index (Phi) is 4.49. The third-order valence-corrected chi connectivity index (χ3v) is 6.36. The molecule has 4 aliphatic rings. The van der Waals surface area contributed by atoms with Crippen LogP contribution < -0.4 is 11.1 Å². The number of nitrogen functional groups attached to an aromatic ring is 1. The number of nitro groups is 1. The molecule has 27 heavy (non-hydrogen) atoms. The normalized spacial score (nSPS) is 30.7. The van der Waals surface area contributed by atoms with Crippen LogP contribution in [0.5, 0.6) is 0 Å². The van der Waals surface area contributed by atoms with E-state index in [9.17, 15) is 19.7 Å². The number of nitrogens with one attached hydrogen (secondary N) is 1. The minimum Gasteiger partial charge on any atom is -0.452 e. The Hall–Kier alpha value is -2.64. The van der Waals surface area contributed by atoms with Crippen molar-refractivity contribution in [3.8, 4) is 0 Å². The molecule has 3 N–H and O–H groups in total. The lowest BCUT2D eigenvalue weighted by Gasteiger charge is -2.54. The molecule has 0 unspecified atom stereocenters. The first-order chi connectivity index (χ1) is 12.9. The lowest BCUT2D eigenvalue weighted by atomic mass is 9.54. The van der Waals surface area contributed by atoms with E-state index in [-0.39, 0.29) is 28.9 Å². The summed E-state index contributed by atoms with van der Waals surface area (Å²) in [5.41, 5.74) is 5.42. The molecule has 8 nitrogen and oxygen atoms in total. The van der Waals surface area contributed by atoms with Crippen molar-refractivity contribution in [2.75, 3.05) is 12.3 Å². The highest BCUT2D eigenvalue weighted by Crippen LogP contribution is 2.53. The smallest absolute Gasteiger partial charge is 0.341 e. The average molecular weight is 373 g/mol. The molecular formula is C19H23N3O5. The Morgan fingerprint density at radius 3 is 2.37 bits per heavy atom. The van der Waals surface area contributed by atoms with E-state index < -0.39 is 17.5 Å². The maximum Gasteiger partial charge on any atom is 0.341 e. The largest absolute Gasteiger partial charge is 0.452 e. The van der Waals surface area contributed by atoms with Gasteiger partial charge < -0.3 is 15.8 Å². The fourth-order valence-electron chi connectivity index (χ4n) is 5.43. The number of hydrogen-bond donors (Lipinski definition) is 2. The number of amides is 1. The Bertz CT molecular complexity index is 766. The summed E-state index contributed by atoms with van der Waals surface area (Å²) in [5.74, 6) is 1.54. The number of ether oxygens (including phenoxy) is 1. The molecule has 1 amide bonds. The van der Waals surface area contributed by atoms with E-state index in [0.29, 0.717) is 11.8 Å². The molecule has 8 heteroatoms. The highest BCUT2D eigenvalue weighted by atomic mass is 16.6. The second-order valence-corrected chi connectivity index (χ2v) is 8.13. The van der Waals surface area contributed by atoms with Gasteiger partial charge in [0.15, 0.2) is 6.61 Å². The third-order valence-electron chi connectivity index (χ3n) is 6.36. The van der Waals surface area contributed by atoms with Gasteiger partial charge in [0.05, 0.1) is 10.5 Å². The second-order valence-electron chi connectivity index (χ2n) is 8.13. The van der Waals surface area contributed by atoms with Crippen LogP contribution in [-0.4, -0.2) is 29.4 Å². The van der Waals surface area contributed by atoms with Gasteiger partial charge in [0.25, 0.3) is 11.6 Å². The van der Waals surface area contributed by atoms with Gasteiger partial charge >= 0.3 is 5.97 Å². The van der Waals surface area contributed by atoms with Crippen LogP contribution in [0.4, 0.5) is 11.4 Å². The fourth-order valence-corrected chi connectivity index (χ4v) is 5.43. The number of non-ortho nitro benzene ring substituents is 1. The van der Waals surface area contributed by atoms with Crippen molar-refractivity contribution in [3.05, 3.63) is 33.9 Å². The number of rotatable bonds is 5. The van der Waals surface area contributed by atoms with Crippen molar-refractivity contribution in [2.45, 2.75) is 38.1 Å². The monoisotopic (exact) mass is 373 g/mol.